The average Bonchev–Trinajstić information content (AvgIpc) is 3.40. The van der Waals surface area contributed by atoms with Crippen molar-refractivity contribution in [1.29, 1.82) is 0 Å². The molecule has 1 saturated carbocycles. The predicted molar refractivity (Wildman–Crippen MR) is 139 cm³/mol. The van der Waals surface area contributed by atoms with E-state index in [9.17, 15) is 9.59 Å². The molecule has 5 rings (SSSR count). The number of carbonyl (C=O) groups is 2. The Hall–Kier alpha value is -2.62. The lowest BCUT2D eigenvalue weighted by atomic mass is 10.0. The number of nitrogens with zero attached hydrogens (tertiary/aromatic N) is 4. The SMILES string of the molecule is CN(C)C(=O)c1cc2ccc(C3=CCCN(C=O)C3)cc2[nH]1.Cn1ccc(C2CC2)n1.I.[HH]. The minimum absolute atomic E-state index is 0. The molecule has 1 aromatic carbocycles. The molecule has 172 valence electrons. The van der Waals surface area contributed by atoms with Crippen molar-refractivity contribution < 1.29 is 11.0 Å². The molecule has 1 fully saturated rings. The van der Waals surface area contributed by atoms with Crippen molar-refractivity contribution in [3.63, 3.8) is 0 Å². The van der Waals surface area contributed by atoms with E-state index in [0.29, 0.717) is 12.2 Å². The number of fused-ring (bicyclic) bond motifs is 1. The summed E-state index contributed by atoms with van der Waals surface area (Å²) in [5, 5.41) is 5.30. The summed E-state index contributed by atoms with van der Waals surface area (Å²) in [4.78, 5) is 29.5. The highest BCUT2D eigenvalue weighted by molar-refractivity contribution is 14.0. The van der Waals surface area contributed by atoms with Gasteiger partial charge in [-0.05, 0) is 48.6 Å². The van der Waals surface area contributed by atoms with Crippen molar-refractivity contribution in [2.45, 2.75) is 25.2 Å². The minimum Gasteiger partial charge on any atom is -0.351 e. The van der Waals surface area contributed by atoms with Crippen LogP contribution in [0.4, 0.5) is 0 Å². The quantitative estimate of drug-likeness (QED) is 0.390. The highest BCUT2D eigenvalue weighted by Crippen LogP contribution is 2.38. The molecule has 1 aliphatic heterocycles. The van der Waals surface area contributed by atoms with E-state index in [1.54, 1.807) is 23.9 Å². The van der Waals surface area contributed by atoms with Crippen molar-refractivity contribution >= 4 is 52.8 Å². The normalized spacial score (nSPS) is 15.3. The molecule has 7 nitrogen and oxygen atoms in total. The van der Waals surface area contributed by atoms with E-state index in [-0.39, 0.29) is 31.3 Å². The molecule has 32 heavy (non-hydrogen) atoms. The maximum absolute atomic E-state index is 12.0. The number of halogens is 1. The molecule has 0 unspecified atom stereocenters. The molecule has 0 radical (unpaired) electrons. The number of nitrogens with one attached hydrogen (secondary N) is 1. The van der Waals surface area contributed by atoms with Gasteiger partial charge in [0.05, 0.1) is 5.69 Å². The van der Waals surface area contributed by atoms with Crippen LogP contribution in [0.2, 0.25) is 0 Å². The molecule has 0 atom stereocenters. The molecule has 0 spiro atoms. The Bertz CT molecular complexity index is 1130. The number of benzene rings is 1. The number of carbonyl (C=O) groups excluding carboxylic acids is 2. The minimum atomic E-state index is -0.0400. The lowest BCUT2D eigenvalue weighted by Crippen LogP contribution is -2.27. The lowest BCUT2D eigenvalue weighted by Gasteiger charge is -2.23. The molecule has 2 aliphatic rings. The first-order valence-electron chi connectivity index (χ1n) is 10.7. The number of rotatable bonds is 4. The predicted octanol–water partition coefficient (Wildman–Crippen LogP) is 4.28. The Morgan fingerprint density at radius 1 is 1.25 bits per heavy atom. The summed E-state index contributed by atoms with van der Waals surface area (Å²) >= 11 is 0. The lowest BCUT2D eigenvalue weighted by molar-refractivity contribution is -0.117. The Labute approximate surface area is 207 Å². The Balaban J connectivity index is 0.000000294. The molecule has 0 bridgehead atoms. The fourth-order valence-electron chi connectivity index (χ4n) is 3.78. The number of aryl methyl sites for hydroxylation is 1. The maximum atomic E-state index is 12.0. The van der Waals surface area contributed by atoms with Crippen LogP contribution in [0.3, 0.4) is 0 Å². The Morgan fingerprint density at radius 3 is 2.66 bits per heavy atom. The van der Waals surface area contributed by atoms with Gasteiger partial charge in [0.1, 0.15) is 5.69 Å². The molecular formula is C24H32IN5O2. The fourth-order valence-corrected chi connectivity index (χ4v) is 3.78. The van der Waals surface area contributed by atoms with Gasteiger partial charge in [-0.1, -0.05) is 18.2 Å². The van der Waals surface area contributed by atoms with Gasteiger partial charge in [-0.2, -0.15) is 5.10 Å². The van der Waals surface area contributed by atoms with Crippen LogP contribution in [0, 0.1) is 0 Å². The third-order valence-corrected chi connectivity index (χ3v) is 5.69. The molecule has 2 amide bonds. The van der Waals surface area contributed by atoms with Crippen LogP contribution in [0.1, 0.15) is 48.4 Å². The number of aromatic amines is 1. The van der Waals surface area contributed by atoms with E-state index in [2.05, 4.69) is 22.2 Å². The van der Waals surface area contributed by atoms with E-state index in [0.717, 1.165) is 47.3 Å². The van der Waals surface area contributed by atoms with Gasteiger partial charge in [-0.3, -0.25) is 14.3 Å². The van der Waals surface area contributed by atoms with E-state index < -0.39 is 0 Å². The number of H-pyrrole nitrogens is 1. The van der Waals surface area contributed by atoms with Crippen molar-refractivity contribution in [2.75, 3.05) is 27.2 Å². The highest BCUT2D eigenvalue weighted by atomic mass is 127. The van der Waals surface area contributed by atoms with Crippen molar-refractivity contribution in [3.05, 3.63) is 59.6 Å². The van der Waals surface area contributed by atoms with E-state index in [1.807, 2.05) is 42.2 Å². The summed E-state index contributed by atoms with van der Waals surface area (Å²) in [5.74, 6) is 0.757. The zero-order valence-corrected chi connectivity index (χ0v) is 21.1. The van der Waals surface area contributed by atoms with E-state index >= 15 is 0 Å². The summed E-state index contributed by atoms with van der Waals surface area (Å²) < 4.78 is 1.87. The van der Waals surface area contributed by atoms with Gasteiger partial charge in [0, 0.05) is 58.7 Å². The zero-order chi connectivity index (χ0) is 22.0. The Morgan fingerprint density at radius 2 is 2.03 bits per heavy atom. The number of amides is 2. The first-order chi connectivity index (χ1) is 14.9. The van der Waals surface area contributed by atoms with Crippen LogP contribution < -0.4 is 0 Å². The summed E-state index contributed by atoms with van der Waals surface area (Å²) in [5.41, 5.74) is 5.04. The largest absolute Gasteiger partial charge is 0.351 e. The maximum Gasteiger partial charge on any atom is 0.269 e. The molecule has 1 aliphatic carbocycles. The summed E-state index contributed by atoms with van der Waals surface area (Å²) in [6.45, 7) is 1.42. The second-order valence-corrected chi connectivity index (χ2v) is 8.47. The van der Waals surface area contributed by atoms with Crippen LogP contribution in [0.25, 0.3) is 16.5 Å². The van der Waals surface area contributed by atoms with Crippen molar-refractivity contribution in [2.24, 2.45) is 7.05 Å². The molecule has 0 saturated heterocycles. The van der Waals surface area contributed by atoms with Crippen molar-refractivity contribution in [3.8, 4) is 0 Å². The summed E-state index contributed by atoms with van der Waals surface area (Å²) in [7, 11) is 5.44. The molecule has 8 heteroatoms. The van der Waals surface area contributed by atoms with Crippen LogP contribution in [-0.4, -0.2) is 64.1 Å². The number of hydrogen-bond acceptors (Lipinski definition) is 3. The van der Waals surface area contributed by atoms with E-state index in [1.165, 1.54) is 18.5 Å². The first kappa shape index (κ1) is 24.0. The zero-order valence-electron chi connectivity index (χ0n) is 18.7. The smallest absolute Gasteiger partial charge is 0.269 e. The summed E-state index contributed by atoms with van der Waals surface area (Å²) in [6.07, 6.45) is 8.65. The van der Waals surface area contributed by atoms with Crippen LogP contribution >= 0.6 is 24.0 Å². The first-order valence-corrected chi connectivity index (χ1v) is 10.7. The summed E-state index contributed by atoms with van der Waals surface area (Å²) in [6, 6.07) is 10.1. The van der Waals surface area contributed by atoms with Crippen LogP contribution in [-0.2, 0) is 11.8 Å². The fraction of sp³-hybridized carbons (Fsp3) is 0.375. The standard InChI is InChI=1S/C17H19N3O2.C7H10N2.HI.H2/c1-19(2)17(22)16-9-13-6-5-12(8-15(13)18-16)14-4-3-7-20(10-14)11-21;1-9-5-4-7(8-9)6-2-3-6;;/h4-6,8-9,11,18H,3,7,10H2,1-2H3;4-6H,2-3H2,1H3;2*1H. The monoisotopic (exact) mass is 549 g/mol. The van der Waals surface area contributed by atoms with Crippen LogP contribution in [0.5, 0.6) is 0 Å². The molecule has 3 heterocycles. The van der Waals surface area contributed by atoms with Gasteiger partial charge >= 0.3 is 0 Å². The van der Waals surface area contributed by atoms with Gasteiger partial charge in [0.25, 0.3) is 5.91 Å². The third kappa shape index (κ3) is 5.59. The average molecular weight is 549 g/mol. The number of hydrogen-bond donors (Lipinski definition) is 1. The van der Waals surface area contributed by atoms with Gasteiger partial charge in [-0.25, -0.2) is 0 Å². The molecule has 3 aromatic rings. The van der Waals surface area contributed by atoms with Crippen LogP contribution in [0.15, 0.2) is 42.6 Å². The molecule has 2 aromatic heterocycles. The topological polar surface area (TPSA) is 74.2 Å². The highest BCUT2D eigenvalue weighted by Gasteiger charge is 2.25. The van der Waals surface area contributed by atoms with Gasteiger partial charge in [0.2, 0.25) is 6.41 Å². The third-order valence-electron chi connectivity index (χ3n) is 5.69. The van der Waals surface area contributed by atoms with Gasteiger partial charge in [0.15, 0.2) is 0 Å². The van der Waals surface area contributed by atoms with Crippen molar-refractivity contribution in [1.82, 2.24) is 24.6 Å². The van der Waals surface area contributed by atoms with E-state index in [4.69, 9.17) is 0 Å². The molecule has 1 N–H and O–H groups in total. The van der Waals surface area contributed by atoms with Gasteiger partial charge < -0.3 is 14.8 Å². The second-order valence-electron chi connectivity index (χ2n) is 8.47. The Kier molecular flexibility index (Phi) is 7.76. The number of aromatic nitrogens is 3. The van der Waals surface area contributed by atoms with Gasteiger partial charge in [-0.15, -0.1) is 24.0 Å². The molecular weight excluding hydrogens is 517 g/mol. The second kappa shape index (κ2) is 10.3.